The summed E-state index contributed by atoms with van der Waals surface area (Å²) in [6.45, 7) is 1.82. The second-order valence-electron chi connectivity index (χ2n) is 3.21. The summed E-state index contributed by atoms with van der Waals surface area (Å²) in [7, 11) is 0. The van der Waals surface area contributed by atoms with Crippen molar-refractivity contribution in [3.05, 3.63) is 23.4 Å². The van der Waals surface area contributed by atoms with Crippen LogP contribution in [0.5, 0.6) is 0 Å². The minimum Gasteiger partial charge on any atom is -0.396 e. The van der Waals surface area contributed by atoms with E-state index >= 15 is 0 Å². The van der Waals surface area contributed by atoms with Gasteiger partial charge < -0.3 is 17.2 Å². The Labute approximate surface area is 88.0 Å². The zero-order valence-electron chi connectivity index (χ0n) is 8.53. The summed E-state index contributed by atoms with van der Waals surface area (Å²) in [5, 5.41) is 0. The number of nitrogens with zero attached hydrogens (tertiary/aromatic N) is 1. The number of carbonyl (C=O) groups is 1. The van der Waals surface area contributed by atoms with E-state index in [0.717, 1.165) is 11.3 Å². The third kappa shape index (κ3) is 2.98. The molecule has 0 aromatic carbocycles. The molecule has 0 radical (unpaired) electrons. The first-order valence-electron chi connectivity index (χ1n) is 4.48. The lowest BCUT2D eigenvalue weighted by Crippen LogP contribution is -2.08. The molecule has 5 heteroatoms. The Balaban J connectivity index is 2.90. The number of carbonyl (C=O) groups excluding carboxylic acids is 1. The summed E-state index contributed by atoms with van der Waals surface area (Å²) in [6, 6.07) is 1.72. The lowest BCUT2D eigenvalue weighted by molar-refractivity contribution is -0.117. The Morgan fingerprint density at radius 1 is 1.53 bits per heavy atom. The maximum absolute atomic E-state index is 10.5. The quantitative estimate of drug-likeness (QED) is 0.666. The van der Waals surface area contributed by atoms with Crippen molar-refractivity contribution < 1.29 is 4.79 Å². The number of amides is 1. The SMILES string of the molecule is Cc1nc(N)c(N)cc1C=CCC(N)=O. The van der Waals surface area contributed by atoms with Gasteiger partial charge in [-0.3, -0.25) is 4.79 Å². The number of aromatic nitrogens is 1. The highest BCUT2D eigenvalue weighted by molar-refractivity contribution is 5.77. The molecule has 1 aromatic rings. The highest BCUT2D eigenvalue weighted by Gasteiger charge is 2.01. The Bertz CT molecular complexity index is 412. The fraction of sp³-hybridized carbons (Fsp3) is 0.200. The second-order valence-corrected chi connectivity index (χ2v) is 3.21. The first kappa shape index (κ1) is 11.0. The van der Waals surface area contributed by atoms with Gasteiger partial charge in [-0.15, -0.1) is 0 Å². The Morgan fingerprint density at radius 3 is 2.80 bits per heavy atom. The average molecular weight is 206 g/mol. The van der Waals surface area contributed by atoms with E-state index in [2.05, 4.69) is 4.98 Å². The van der Waals surface area contributed by atoms with Crippen molar-refractivity contribution in [3.8, 4) is 0 Å². The van der Waals surface area contributed by atoms with Crippen molar-refractivity contribution in [1.82, 2.24) is 4.98 Å². The first-order valence-corrected chi connectivity index (χ1v) is 4.48. The summed E-state index contributed by atoms with van der Waals surface area (Å²) < 4.78 is 0. The predicted octanol–water partition coefficient (Wildman–Crippen LogP) is 0.443. The molecule has 0 fully saturated rings. The van der Waals surface area contributed by atoms with Crippen LogP contribution in [0, 0.1) is 6.92 Å². The van der Waals surface area contributed by atoms with E-state index in [1.54, 1.807) is 18.2 Å². The molecule has 0 aliphatic rings. The molecule has 1 heterocycles. The van der Waals surface area contributed by atoms with Gasteiger partial charge in [-0.05, 0) is 18.6 Å². The van der Waals surface area contributed by atoms with Gasteiger partial charge >= 0.3 is 0 Å². The van der Waals surface area contributed by atoms with Gasteiger partial charge in [0.05, 0.1) is 5.69 Å². The van der Waals surface area contributed by atoms with Crippen LogP contribution >= 0.6 is 0 Å². The normalized spacial score (nSPS) is 10.7. The van der Waals surface area contributed by atoms with Crippen LogP contribution in [0.4, 0.5) is 11.5 Å². The van der Waals surface area contributed by atoms with Gasteiger partial charge in [0.1, 0.15) is 5.82 Å². The standard InChI is InChI=1S/C10H14N4O/c1-6-7(3-2-4-9(12)15)5-8(11)10(13)14-6/h2-3,5H,4,11H2,1H3,(H2,12,15)(H2,13,14). The number of nitrogens with two attached hydrogens (primary N) is 3. The Hall–Kier alpha value is -2.04. The van der Waals surface area contributed by atoms with Gasteiger partial charge in [-0.2, -0.15) is 0 Å². The summed E-state index contributed by atoms with van der Waals surface area (Å²) in [5.41, 5.74) is 18.2. The topological polar surface area (TPSA) is 108 Å². The number of hydrogen-bond donors (Lipinski definition) is 3. The Kier molecular flexibility index (Phi) is 3.28. The lowest BCUT2D eigenvalue weighted by Gasteiger charge is -2.04. The minimum absolute atomic E-state index is 0.198. The van der Waals surface area contributed by atoms with E-state index < -0.39 is 0 Å². The summed E-state index contributed by atoms with van der Waals surface area (Å²) in [4.78, 5) is 14.6. The number of rotatable bonds is 3. The summed E-state index contributed by atoms with van der Waals surface area (Å²) in [6.07, 6.45) is 3.62. The molecule has 0 aliphatic heterocycles. The van der Waals surface area contributed by atoms with Gasteiger partial charge in [-0.25, -0.2) is 4.98 Å². The van der Waals surface area contributed by atoms with Gasteiger partial charge in [0.15, 0.2) is 0 Å². The van der Waals surface area contributed by atoms with Crippen molar-refractivity contribution in [2.24, 2.45) is 5.73 Å². The summed E-state index contributed by atoms with van der Waals surface area (Å²) >= 11 is 0. The van der Waals surface area contributed by atoms with Crippen molar-refractivity contribution in [2.75, 3.05) is 11.5 Å². The Morgan fingerprint density at radius 2 is 2.20 bits per heavy atom. The molecule has 0 saturated carbocycles. The highest BCUT2D eigenvalue weighted by Crippen LogP contribution is 2.17. The van der Waals surface area contributed by atoms with Gasteiger partial charge in [0.2, 0.25) is 5.91 Å². The molecule has 6 N–H and O–H groups in total. The molecular formula is C10H14N4O. The molecule has 0 unspecified atom stereocenters. The van der Waals surface area contributed by atoms with E-state index in [1.807, 2.05) is 6.92 Å². The lowest BCUT2D eigenvalue weighted by atomic mass is 10.1. The van der Waals surface area contributed by atoms with E-state index in [1.165, 1.54) is 0 Å². The molecule has 80 valence electrons. The molecule has 1 amide bonds. The maximum Gasteiger partial charge on any atom is 0.221 e. The average Bonchev–Trinajstić information content (AvgIpc) is 2.13. The number of primary amides is 1. The predicted molar refractivity (Wildman–Crippen MR) is 60.6 cm³/mol. The van der Waals surface area contributed by atoms with E-state index in [9.17, 15) is 4.79 Å². The number of nitrogen functional groups attached to an aromatic ring is 2. The molecular weight excluding hydrogens is 192 g/mol. The first-order chi connectivity index (χ1) is 7.00. The third-order valence-electron chi connectivity index (χ3n) is 1.93. The zero-order valence-corrected chi connectivity index (χ0v) is 8.53. The number of pyridine rings is 1. The van der Waals surface area contributed by atoms with Gasteiger partial charge in [0, 0.05) is 12.1 Å². The maximum atomic E-state index is 10.5. The van der Waals surface area contributed by atoms with E-state index in [-0.39, 0.29) is 12.3 Å². The number of anilines is 2. The summed E-state index contributed by atoms with van der Waals surface area (Å²) in [5.74, 6) is -0.0557. The van der Waals surface area contributed by atoms with Crippen LogP contribution in [0.1, 0.15) is 17.7 Å². The molecule has 1 aromatic heterocycles. The zero-order chi connectivity index (χ0) is 11.4. The molecule has 1 rings (SSSR count). The van der Waals surface area contributed by atoms with Crippen molar-refractivity contribution in [2.45, 2.75) is 13.3 Å². The van der Waals surface area contributed by atoms with Crippen molar-refractivity contribution in [3.63, 3.8) is 0 Å². The van der Waals surface area contributed by atoms with E-state index in [4.69, 9.17) is 17.2 Å². The molecule has 0 aliphatic carbocycles. The molecule has 0 saturated heterocycles. The fourth-order valence-electron chi connectivity index (χ4n) is 1.13. The largest absolute Gasteiger partial charge is 0.396 e. The molecule has 15 heavy (non-hydrogen) atoms. The molecule has 0 spiro atoms. The highest BCUT2D eigenvalue weighted by atomic mass is 16.1. The monoisotopic (exact) mass is 206 g/mol. The van der Waals surface area contributed by atoms with Crippen LogP contribution in [0.25, 0.3) is 6.08 Å². The molecule has 5 nitrogen and oxygen atoms in total. The van der Waals surface area contributed by atoms with Crippen LogP contribution < -0.4 is 17.2 Å². The third-order valence-corrected chi connectivity index (χ3v) is 1.93. The van der Waals surface area contributed by atoms with Crippen LogP contribution in [-0.4, -0.2) is 10.9 Å². The number of aryl methyl sites for hydroxylation is 1. The van der Waals surface area contributed by atoms with E-state index in [0.29, 0.717) is 11.5 Å². The van der Waals surface area contributed by atoms with Gasteiger partial charge in [-0.1, -0.05) is 12.2 Å². The van der Waals surface area contributed by atoms with Crippen LogP contribution in [0.3, 0.4) is 0 Å². The minimum atomic E-state index is -0.375. The second kappa shape index (κ2) is 4.45. The van der Waals surface area contributed by atoms with Gasteiger partial charge in [0.25, 0.3) is 0 Å². The van der Waals surface area contributed by atoms with Crippen LogP contribution in [0.15, 0.2) is 12.1 Å². The van der Waals surface area contributed by atoms with Crippen LogP contribution in [0.2, 0.25) is 0 Å². The number of hydrogen-bond acceptors (Lipinski definition) is 4. The van der Waals surface area contributed by atoms with Crippen molar-refractivity contribution in [1.29, 1.82) is 0 Å². The fourth-order valence-corrected chi connectivity index (χ4v) is 1.13. The smallest absolute Gasteiger partial charge is 0.221 e. The van der Waals surface area contributed by atoms with Crippen LogP contribution in [-0.2, 0) is 4.79 Å². The molecule has 0 bridgehead atoms. The molecule has 0 atom stereocenters. The van der Waals surface area contributed by atoms with Crippen molar-refractivity contribution >= 4 is 23.5 Å².